The van der Waals surface area contributed by atoms with Crippen molar-refractivity contribution in [3.63, 3.8) is 0 Å². The van der Waals surface area contributed by atoms with Crippen LogP contribution in [0.1, 0.15) is 17.4 Å². The topological polar surface area (TPSA) is 54.2 Å². The fourth-order valence-corrected chi connectivity index (χ4v) is 2.36. The number of hydrogen-bond acceptors (Lipinski definition) is 5. The van der Waals surface area contributed by atoms with Gasteiger partial charge in [0.2, 0.25) is 0 Å². The molecule has 3 rings (SSSR count). The highest BCUT2D eigenvalue weighted by molar-refractivity contribution is 5.53. The van der Waals surface area contributed by atoms with Crippen LogP contribution >= 0.6 is 0 Å². The first-order valence-corrected chi connectivity index (χ1v) is 6.55. The third kappa shape index (κ3) is 2.52. The smallest absolute Gasteiger partial charge is 0.257 e. The lowest BCUT2D eigenvalue weighted by Crippen LogP contribution is -2.44. The maximum absolute atomic E-state index is 5.39. The van der Waals surface area contributed by atoms with Crippen LogP contribution in [-0.2, 0) is 0 Å². The lowest BCUT2D eigenvalue weighted by atomic mass is 10.1. The summed E-state index contributed by atoms with van der Waals surface area (Å²) >= 11 is 0. The third-order valence-corrected chi connectivity index (χ3v) is 3.52. The molecule has 19 heavy (non-hydrogen) atoms. The fraction of sp³-hybridized carbons (Fsp3) is 0.429. The first-order valence-electron chi connectivity index (χ1n) is 6.55. The summed E-state index contributed by atoms with van der Waals surface area (Å²) < 4.78 is 5.39. The maximum Gasteiger partial charge on any atom is 0.257 e. The van der Waals surface area contributed by atoms with E-state index in [0.29, 0.717) is 5.89 Å². The van der Waals surface area contributed by atoms with E-state index in [2.05, 4.69) is 46.5 Å². The molecule has 1 fully saturated rings. The molecule has 0 amide bonds. The molecule has 2 aromatic rings. The SMILES string of the molecule is Cc1cccc(-c2nc(C3CNCCN3C)no2)c1. The van der Waals surface area contributed by atoms with Gasteiger partial charge in [-0.2, -0.15) is 4.98 Å². The van der Waals surface area contributed by atoms with Crippen LogP contribution in [0, 0.1) is 6.92 Å². The minimum Gasteiger partial charge on any atom is -0.334 e. The molecule has 0 spiro atoms. The van der Waals surface area contributed by atoms with E-state index in [1.807, 2.05) is 12.1 Å². The summed E-state index contributed by atoms with van der Waals surface area (Å²) in [6.07, 6.45) is 0. The van der Waals surface area contributed by atoms with Gasteiger partial charge in [0.05, 0.1) is 6.04 Å². The van der Waals surface area contributed by atoms with Crippen molar-refractivity contribution in [2.75, 3.05) is 26.7 Å². The lowest BCUT2D eigenvalue weighted by molar-refractivity contribution is 0.190. The fourth-order valence-electron chi connectivity index (χ4n) is 2.36. The van der Waals surface area contributed by atoms with E-state index in [0.717, 1.165) is 31.0 Å². The Morgan fingerprint density at radius 1 is 1.42 bits per heavy atom. The molecule has 0 radical (unpaired) electrons. The number of likely N-dealkylation sites (N-methyl/N-ethyl adjacent to an activating group) is 1. The molecule has 1 aliphatic heterocycles. The van der Waals surface area contributed by atoms with Crippen molar-refractivity contribution >= 4 is 0 Å². The summed E-state index contributed by atoms with van der Waals surface area (Å²) in [5, 5.41) is 7.49. The largest absolute Gasteiger partial charge is 0.334 e. The van der Waals surface area contributed by atoms with E-state index in [-0.39, 0.29) is 6.04 Å². The predicted octanol–water partition coefficient (Wildman–Crippen LogP) is 1.62. The molecule has 2 heterocycles. The van der Waals surface area contributed by atoms with Gasteiger partial charge in [-0.1, -0.05) is 22.9 Å². The van der Waals surface area contributed by atoms with Gasteiger partial charge in [0.25, 0.3) is 5.89 Å². The minimum atomic E-state index is 0.191. The Morgan fingerprint density at radius 3 is 3.11 bits per heavy atom. The molecule has 1 atom stereocenters. The molecule has 1 N–H and O–H groups in total. The van der Waals surface area contributed by atoms with Crippen molar-refractivity contribution in [1.82, 2.24) is 20.4 Å². The Morgan fingerprint density at radius 2 is 2.32 bits per heavy atom. The van der Waals surface area contributed by atoms with Gasteiger partial charge >= 0.3 is 0 Å². The molecule has 1 saturated heterocycles. The summed E-state index contributed by atoms with van der Waals surface area (Å²) in [6.45, 7) is 4.93. The van der Waals surface area contributed by atoms with Crippen LogP contribution in [0.4, 0.5) is 0 Å². The highest BCUT2D eigenvalue weighted by Gasteiger charge is 2.25. The van der Waals surface area contributed by atoms with Crippen LogP contribution < -0.4 is 5.32 Å². The molecule has 100 valence electrons. The maximum atomic E-state index is 5.39. The molecule has 1 unspecified atom stereocenters. The van der Waals surface area contributed by atoms with Crippen molar-refractivity contribution < 1.29 is 4.52 Å². The molecule has 5 heteroatoms. The Kier molecular flexibility index (Phi) is 3.31. The quantitative estimate of drug-likeness (QED) is 0.887. The van der Waals surface area contributed by atoms with Gasteiger partial charge in [-0.05, 0) is 26.1 Å². The summed E-state index contributed by atoms with van der Waals surface area (Å²) in [6, 6.07) is 8.30. The number of nitrogens with one attached hydrogen (secondary N) is 1. The normalized spacial score (nSPS) is 20.6. The summed E-state index contributed by atoms with van der Waals surface area (Å²) in [4.78, 5) is 6.79. The number of aromatic nitrogens is 2. The van der Waals surface area contributed by atoms with Crippen LogP contribution in [0.2, 0.25) is 0 Å². The molecular formula is C14H18N4O. The molecular weight excluding hydrogens is 240 g/mol. The van der Waals surface area contributed by atoms with Gasteiger partial charge in [0.15, 0.2) is 5.82 Å². The van der Waals surface area contributed by atoms with Crippen LogP contribution in [-0.4, -0.2) is 41.7 Å². The second-order valence-electron chi connectivity index (χ2n) is 5.03. The van der Waals surface area contributed by atoms with Crippen molar-refractivity contribution in [2.24, 2.45) is 0 Å². The van der Waals surface area contributed by atoms with Crippen molar-refractivity contribution in [1.29, 1.82) is 0 Å². The number of hydrogen-bond donors (Lipinski definition) is 1. The summed E-state index contributed by atoms with van der Waals surface area (Å²) in [5.41, 5.74) is 2.17. The van der Waals surface area contributed by atoms with Crippen LogP contribution in [0.5, 0.6) is 0 Å². The van der Waals surface area contributed by atoms with Gasteiger partial charge in [-0.3, -0.25) is 4.90 Å². The van der Waals surface area contributed by atoms with E-state index in [9.17, 15) is 0 Å². The number of rotatable bonds is 2. The lowest BCUT2D eigenvalue weighted by Gasteiger charge is -2.30. The molecule has 0 bridgehead atoms. The number of nitrogens with zero attached hydrogens (tertiary/aromatic N) is 3. The van der Waals surface area contributed by atoms with Crippen molar-refractivity contribution in [3.05, 3.63) is 35.7 Å². The molecule has 1 aromatic carbocycles. The van der Waals surface area contributed by atoms with E-state index < -0.39 is 0 Å². The predicted molar refractivity (Wildman–Crippen MR) is 72.7 cm³/mol. The Labute approximate surface area is 112 Å². The molecule has 1 aromatic heterocycles. The van der Waals surface area contributed by atoms with Gasteiger partial charge < -0.3 is 9.84 Å². The monoisotopic (exact) mass is 258 g/mol. The first kappa shape index (κ1) is 12.3. The zero-order valence-corrected chi connectivity index (χ0v) is 11.3. The van der Waals surface area contributed by atoms with Crippen molar-refractivity contribution in [3.8, 4) is 11.5 Å². The Bertz CT molecular complexity index is 566. The van der Waals surface area contributed by atoms with Gasteiger partial charge in [0, 0.05) is 25.2 Å². The van der Waals surface area contributed by atoms with Crippen LogP contribution in [0.3, 0.4) is 0 Å². The van der Waals surface area contributed by atoms with Crippen molar-refractivity contribution in [2.45, 2.75) is 13.0 Å². The molecule has 0 aliphatic carbocycles. The second kappa shape index (κ2) is 5.11. The van der Waals surface area contributed by atoms with E-state index in [1.54, 1.807) is 0 Å². The van der Waals surface area contributed by atoms with E-state index >= 15 is 0 Å². The molecule has 0 saturated carbocycles. The average molecular weight is 258 g/mol. The van der Waals surface area contributed by atoms with Crippen LogP contribution in [0.15, 0.2) is 28.8 Å². The van der Waals surface area contributed by atoms with Gasteiger partial charge in [0.1, 0.15) is 0 Å². The molecule has 5 nitrogen and oxygen atoms in total. The second-order valence-corrected chi connectivity index (χ2v) is 5.03. The molecule has 1 aliphatic rings. The van der Waals surface area contributed by atoms with Gasteiger partial charge in [-0.25, -0.2) is 0 Å². The Hall–Kier alpha value is -1.72. The zero-order chi connectivity index (χ0) is 13.2. The van der Waals surface area contributed by atoms with Crippen LogP contribution in [0.25, 0.3) is 11.5 Å². The summed E-state index contributed by atoms with van der Waals surface area (Å²) in [5.74, 6) is 1.35. The average Bonchev–Trinajstić information content (AvgIpc) is 2.89. The van der Waals surface area contributed by atoms with E-state index in [4.69, 9.17) is 4.52 Å². The number of benzene rings is 1. The third-order valence-electron chi connectivity index (χ3n) is 3.52. The first-order chi connectivity index (χ1) is 9.24. The minimum absolute atomic E-state index is 0.191. The van der Waals surface area contributed by atoms with Gasteiger partial charge in [-0.15, -0.1) is 0 Å². The summed E-state index contributed by atoms with van der Waals surface area (Å²) in [7, 11) is 2.09. The Balaban J connectivity index is 1.86. The van der Waals surface area contributed by atoms with E-state index in [1.165, 1.54) is 5.56 Å². The highest BCUT2D eigenvalue weighted by atomic mass is 16.5. The standard InChI is InChI=1S/C14H18N4O/c1-10-4-3-5-11(8-10)14-16-13(17-19-14)12-9-15-6-7-18(12)2/h3-5,8,12,15H,6-7,9H2,1-2H3. The number of aryl methyl sites for hydroxylation is 1. The number of piperazine rings is 1. The highest BCUT2D eigenvalue weighted by Crippen LogP contribution is 2.23. The zero-order valence-electron chi connectivity index (χ0n) is 11.3.